The molecule has 0 aromatic carbocycles. The van der Waals surface area contributed by atoms with Gasteiger partial charge in [-0.25, -0.2) is 0 Å². The van der Waals surface area contributed by atoms with E-state index < -0.39 is 204 Å². The van der Waals surface area contributed by atoms with Gasteiger partial charge in [-0.05, 0) is 12.5 Å². The van der Waals surface area contributed by atoms with Crippen molar-refractivity contribution in [2.45, 2.75) is 185 Å². The zero-order chi connectivity index (χ0) is 47.9. The molecule has 0 saturated carbocycles. The Balaban J connectivity index is 1.05. The number of aliphatic hydroxyl groups is 19. The van der Waals surface area contributed by atoms with Crippen LogP contribution in [0.25, 0.3) is 0 Å². The third-order valence-electron chi connectivity index (χ3n) is 12.4. The molecule has 0 aromatic rings. The molecule has 5 saturated heterocycles. The summed E-state index contributed by atoms with van der Waals surface area (Å²) in [7, 11) is 0. The second-order valence-electron chi connectivity index (χ2n) is 16.7. The quantitative estimate of drug-likeness (QED) is 0.0719. The van der Waals surface area contributed by atoms with Crippen LogP contribution in [0, 0.1) is 0 Å². The summed E-state index contributed by atoms with van der Waals surface area (Å²) in [6.45, 7) is -2.03. The number of hydrogen-bond donors (Lipinski definition) is 20. The molecular formula is C36H61NO28. The van der Waals surface area contributed by atoms with Crippen molar-refractivity contribution in [2.24, 2.45) is 0 Å². The minimum Gasteiger partial charge on any atom is -0.394 e. The molecule has 378 valence electrons. The smallest absolute Gasteiger partial charge is 0.189 e. The van der Waals surface area contributed by atoms with E-state index >= 15 is 0 Å². The first-order valence-corrected chi connectivity index (χ1v) is 20.7. The van der Waals surface area contributed by atoms with Crippen LogP contribution in [-0.2, 0) is 42.6 Å². The highest BCUT2D eigenvalue weighted by Crippen LogP contribution is 2.35. The molecule has 29 heteroatoms. The highest BCUT2D eigenvalue weighted by Gasteiger charge is 2.56. The van der Waals surface area contributed by atoms with Crippen molar-refractivity contribution in [3.63, 3.8) is 0 Å². The fourth-order valence-corrected chi connectivity index (χ4v) is 8.54. The lowest BCUT2D eigenvalue weighted by Crippen LogP contribution is -2.68. The first-order chi connectivity index (χ1) is 30.7. The first-order valence-electron chi connectivity index (χ1n) is 20.7. The Morgan fingerprint density at radius 2 is 0.831 bits per heavy atom. The van der Waals surface area contributed by atoms with E-state index in [9.17, 15) is 97.0 Å². The monoisotopic (exact) mass is 955 g/mol. The van der Waals surface area contributed by atoms with Crippen molar-refractivity contribution in [1.82, 2.24) is 5.32 Å². The standard InChI is InChI=1S/C36H61NO28/c1-7-13(37-9-2-8(3-38)14(42)17(45)15(9)43)16(44)23(51)33(57-7)61-28-11(5-40)60-35(25(53)20(28)48)64-30-21(49)26(54)36(65-32(30)56)63-29-12(6-41)59-34(24(52)19(29)47)62-27-10(4-39)58-31(55)22(50)18(27)46/h2,7,9-56H,3-6H2,1H3. The zero-order valence-electron chi connectivity index (χ0n) is 34.3. The SMILES string of the molecule is CC1OC(OC2C(CO)OC(OC3C(O)OC(OC4C(CO)OC(OC5C(CO)OC(O)C(O)C5O)C(O)C4O)C(O)C3O)C(O)C2O)C(O)C(O)C1NC1C=C(CO)C(O)C(O)C1O. The number of nitrogens with one attached hydrogen (secondary N) is 1. The van der Waals surface area contributed by atoms with E-state index in [1.165, 1.54) is 13.0 Å². The Hall–Kier alpha value is -1.42. The fraction of sp³-hybridized carbons (Fsp3) is 0.944. The lowest BCUT2D eigenvalue weighted by Gasteiger charge is -2.49. The average molecular weight is 956 g/mol. The molecule has 0 aromatic heterocycles. The molecule has 29 atom stereocenters. The lowest BCUT2D eigenvalue weighted by atomic mass is 9.86. The van der Waals surface area contributed by atoms with E-state index in [4.69, 9.17) is 42.6 Å². The molecule has 5 heterocycles. The highest BCUT2D eigenvalue weighted by molar-refractivity contribution is 5.22. The van der Waals surface area contributed by atoms with Gasteiger partial charge in [-0.3, -0.25) is 0 Å². The maximum absolute atomic E-state index is 11.1. The summed E-state index contributed by atoms with van der Waals surface area (Å²) in [6.07, 6.45) is -48.8. The predicted molar refractivity (Wildman–Crippen MR) is 198 cm³/mol. The molecule has 6 rings (SSSR count). The fourth-order valence-electron chi connectivity index (χ4n) is 8.54. The van der Waals surface area contributed by atoms with E-state index in [1.807, 2.05) is 0 Å². The summed E-state index contributed by atoms with van der Waals surface area (Å²) >= 11 is 0. The molecule has 0 bridgehead atoms. The van der Waals surface area contributed by atoms with Crippen molar-refractivity contribution in [3.05, 3.63) is 11.6 Å². The summed E-state index contributed by atoms with van der Waals surface area (Å²) in [5.74, 6) is 0. The Labute approximate surface area is 367 Å². The first kappa shape index (κ1) is 52.9. The van der Waals surface area contributed by atoms with Gasteiger partial charge in [0.05, 0.1) is 44.6 Å². The summed E-state index contributed by atoms with van der Waals surface area (Å²) in [5.41, 5.74) is -0.0231. The van der Waals surface area contributed by atoms with Gasteiger partial charge < -0.3 is 145 Å². The van der Waals surface area contributed by atoms with Crippen molar-refractivity contribution >= 4 is 0 Å². The molecular weight excluding hydrogens is 894 g/mol. The van der Waals surface area contributed by atoms with Crippen LogP contribution in [0.3, 0.4) is 0 Å². The van der Waals surface area contributed by atoms with E-state index in [-0.39, 0.29) is 5.57 Å². The zero-order valence-corrected chi connectivity index (χ0v) is 34.3. The number of hydrogen-bond acceptors (Lipinski definition) is 29. The summed E-state index contributed by atoms with van der Waals surface area (Å²) < 4.78 is 49.3. The van der Waals surface area contributed by atoms with Gasteiger partial charge in [-0.2, -0.15) is 0 Å². The van der Waals surface area contributed by atoms with Crippen molar-refractivity contribution in [3.8, 4) is 0 Å². The molecule has 29 unspecified atom stereocenters. The molecule has 0 spiro atoms. The molecule has 65 heavy (non-hydrogen) atoms. The van der Waals surface area contributed by atoms with Crippen molar-refractivity contribution in [2.75, 3.05) is 26.4 Å². The molecule has 0 amide bonds. The molecule has 6 aliphatic rings. The normalized spacial score (nSPS) is 53.4. The van der Waals surface area contributed by atoms with Crippen LogP contribution in [0.1, 0.15) is 6.92 Å². The molecule has 29 nitrogen and oxygen atoms in total. The van der Waals surface area contributed by atoms with Crippen LogP contribution < -0.4 is 5.32 Å². The summed E-state index contributed by atoms with van der Waals surface area (Å²) in [4.78, 5) is 0. The number of aliphatic hydroxyl groups excluding tert-OH is 19. The maximum Gasteiger partial charge on any atom is 0.189 e. The minimum absolute atomic E-state index is 0.0231. The van der Waals surface area contributed by atoms with Crippen LogP contribution in [-0.4, -0.2) is 301 Å². The third kappa shape index (κ3) is 10.7. The molecule has 5 aliphatic heterocycles. The van der Waals surface area contributed by atoms with Crippen LogP contribution in [0.15, 0.2) is 11.6 Å². The second kappa shape index (κ2) is 22.1. The van der Waals surface area contributed by atoms with Gasteiger partial charge in [0.2, 0.25) is 0 Å². The van der Waals surface area contributed by atoms with Gasteiger partial charge in [0.15, 0.2) is 37.7 Å². The van der Waals surface area contributed by atoms with Crippen LogP contribution >= 0.6 is 0 Å². The number of ether oxygens (including phenoxy) is 9. The predicted octanol–water partition coefficient (Wildman–Crippen LogP) is -13.0. The molecule has 0 radical (unpaired) electrons. The van der Waals surface area contributed by atoms with Gasteiger partial charge in [-0.15, -0.1) is 0 Å². The Morgan fingerprint density at radius 1 is 0.431 bits per heavy atom. The number of rotatable bonds is 14. The van der Waals surface area contributed by atoms with Gasteiger partial charge in [0.1, 0.15) is 122 Å². The average Bonchev–Trinajstić information content (AvgIpc) is 3.28. The topological polar surface area (TPSA) is 479 Å². The van der Waals surface area contributed by atoms with E-state index in [2.05, 4.69) is 5.32 Å². The maximum atomic E-state index is 11.1. The molecule has 1 aliphatic carbocycles. The van der Waals surface area contributed by atoms with Gasteiger partial charge in [0, 0.05) is 0 Å². The minimum atomic E-state index is -2.27. The summed E-state index contributed by atoms with van der Waals surface area (Å²) in [6, 6.07) is -2.32. The van der Waals surface area contributed by atoms with Gasteiger partial charge >= 0.3 is 0 Å². The van der Waals surface area contributed by atoms with Gasteiger partial charge in [0.25, 0.3) is 0 Å². The Bertz CT molecular complexity index is 1530. The van der Waals surface area contributed by atoms with Crippen LogP contribution in [0.2, 0.25) is 0 Å². The molecule has 5 fully saturated rings. The Kier molecular flexibility index (Phi) is 18.0. The Morgan fingerprint density at radius 3 is 1.31 bits per heavy atom. The van der Waals surface area contributed by atoms with E-state index in [1.54, 1.807) is 0 Å². The van der Waals surface area contributed by atoms with Crippen LogP contribution in [0.5, 0.6) is 0 Å². The second-order valence-corrected chi connectivity index (χ2v) is 16.7. The van der Waals surface area contributed by atoms with Crippen LogP contribution in [0.4, 0.5) is 0 Å². The van der Waals surface area contributed by atoms with E-state index in [0.717, 1.165) is 0 Å². The van der Waals surface area contributed by atoms with Crippen molar-refractivity contribution in [1.29, 1.82) is 0 Å². The molecule has 20 N–H and O–H groups in total. The summed E-state index contributed by atoms with van der Waals surface area (Å²) in [5, 5.41) is 202. The van der Waals surface area contributed by atoms with Crippen molar-refractivity contribution < 1.29 is 140 Å². The largest absolute Gasteiger partial charge is 0.394 e. The van der Waals surface area contributed by atoms with Gasteiger partial charge in [-0.1, -0.05) is 6.08 Å². The van der Waals surface area contributed by atoms with E-state index in [0.29, 0.717) is 0 Å². The lowest BCUT2D eigenvalue weighted by molar-refractivity contribution is -0.407. The highest BCUT2D eigenvalue weighted by atomic mass is 16.8. The third-order valence-corrected chi connectivity index (χ3v) is 12.4.